The number of carbonyl (C=O) groups is 1. The minimum Gasteiger partial charge on any atom is -0.389 e. The molecule has 1 N–H and O–H groups in total. The molecule has 0 fully saturated rings. The molecule has 0 rings (SSSR count). The predicted molar refractivity (Wildman–Crippen MR) is 57.9 cm³/mol. The van der Waals surface area contributed by atoms with E-state index >= 15 is 0 Å². The second-order valence-electron chi connectivity index (χ2n) is 4.86. The van der Waals surface area contributed by atoms with E-state index in [-0.39, 0.29) is 18.4 Å². The third kappa shape index (κ3) is 4.80. The summed E-state index contributed by atoms with van der Waals surface area (Å²) in [5, 5.41) is 18.4. The van der Waals surface area contributed by atoms with Gasteiger partial charge in [0.15, 0.2) is 0 Å². The van der Waals surface area contributed by atoms with Gasteiger partial charge in [-0.2, -0.15) is 5.26 Å². The molecular formula is C11H20N2O2. The van der Waals surface area contributed by atoms with Crippen molar-refractivity contribution in [2.75, 3.05) is 13.6 Å². The molecule has 0 aliphatic rings. The lowest BCUT2D eigenvalue weighted by Crippen LogP contribution is -2.43. The molecule has 0 saturated heterocycles. The van der Waals surface area contributed by atoms with Gasteiger partial charge in [-0.1, -0.05) is 13.8 Å². The lowest BCUT2D eigenvalue weighted by molar-refractivity contribution is -0.136. The largest absolute Gasteiger partial charge is 0.389 e. The van der Waals surface area contributed by atoms with E-state index in [1.165, 1.54) is 4.90 Å². The molecule has 1 amide bonds. The Morgan fingerprint density at radius 3 is 2.27 bits per heavy atom. The molecule has 4 nitrogen and oxygen atoms in total. The van der Waals surface area contributed by atoms with Crippen LogP contribution in [0.25, 0.3) is 0 Å². The second-order valence-corrected chi connectivity index (χ2v) is 4.86. The predicted octanol–water partition coefficient (Wildman–Crippen LogP) is 1.01. The molecule has 15 heavy (non-hydrogen) atoms. The number of hydrogen-bond acceptors (Lipinski definition) is 3. The van der Waals surface area contributed by atoms with Crippen LogP contribution in [-0.2, 0) is 4.79 Å². The maximum absolute atomic E-state index is 11.8. The van der Waals surface area contributed by atoms with E-state index in [0.29, 0.717) is 0 Å². The summed E-state index contributed by atoms with van der Waals surface area (Å²) in [6.45, 7) is 7.17. The number of nitrogens with zero attached hydrogens (tertiary/aromatic N) is 2. The summed E-state index contributed by atoms with van der Waals surface area (Å²) in [5.41, 5.74) is -0.929. The van der Waals surface area contributed by atoms with Gasteiger partial charge in [0, 0.05) is 13.6 Å². The van der Waals surface area contributed by atoms with E-state index in [9.17, 15) is 9.90 Å². The third-order valence-corrected chi connectivity index (χ3v) is 2.07. The summed E-state index contributed by atoms with van der Waals surface area (Å²) in [4.78, 5) is 13.2. The van der Waals surface area contributed by atoms with Crippen molar-refractivity contribution in [3.05, 3.63) is 0 Å². The van der Waals surface area contributed by atoms with Gasteiger partial charge in [-0.15, -0.1) is 0 Å². The lowest BCUT2D eigenvalue weighted by atomic mass is 9.95. The first-order valence-corrected chi connectivity index (χ1v) is 5.06. The highest BCUT2D eigenvalue weighted by atomic mass is 16.3. The van der Waals surface area contributed by atoms with Gasteiger partial charge < -0.3 is 10.0 Å². The van der Waals surface area contributed by atoms with E-state index in [0.717, 1.165) is 0 Å². The van der Waals surface area contributed by atoms with Crippen molar-refractivity contribution in [3.63, 3.8) is 0 Å². The Kier molecular flexibility index (Phi) is 4.76. The van der Waals surface area contributed by atoms with Crippen molar-refractivity contribution in [2.45, 2.75) is 33.3 Å². The van der Waals surface area contributed by atoms with E-state index in [2.05, 4.69) is 0 Å². The molecule has 86 valence electrons. The summed E-state index contributed by atoms with van der Waals surface area (Å²) in [5.74, 6) is -0.862. The van der Waals surface area contributed by atoms with Crippen molar-refractivity contribution in [3.8, 4) is 6.07 Å². The second kappa shape index (κ2) is 5.13. The zero-order valence-corrected chi connectivity index (χ0v) is 10.1. The fourth-order valence-corrected chi connectivity index (χ4v) is 1.39. The molecule has 0 aliphatic carbocycles. The van der Waals surface area contributed by atoms with Crippen molar-refractivity contribution in [1.29, 1.82) is 5.26 Å². The summed E-state index contributed by atoms with van der Waals surface area (Å²) in [6.07, 6.45) is 0. The van der Waals surface area contributed by atoms with Gasteiger partial charge in [0.1, 0.15) is 5.92 Å². The molecule has 1 unspecified atom stereocenters. The Morgan fingerprint density at radius 1 is 1.53 bits per heavy atom. The molecular weight excluding hydrogens is 192 g/mol. The highest BCUT2D eigenvalue weighted by molar-refractivity contribution is 5.81. The Bertz CT molecular complexity index is 261. The number of carbonyl (C=O) groups excluding carboxylic acids is 1. The first kappa shape index (κ1) is 13.9. The number of nitriles is 1. The van der Waals surface area contributed by atoms with Crippen molar-refractivity contribution < 1.29 is 9.90 Å². The number of hydrogen-bond donors (Lipinski definition) is 1. The monoisotopic (exact) mass is 212 g/mol. The highest BCUT2D eigenvalue weighted by Crippen LogP contribution is 2.14. The molecule has 4 heteroatoms. The molecule has 0 aromatic heterocycles. The summed E-state index contributed by atoms with van der Waals surface area (Å²) in [6, 6.07) is 2.00. The fraction of sp³-hybridized carbons (Fsp3) is 0.818. The van der Waals surface area contributed by atoms with Crippen molar-refractivity contribution in [1.82, 2.24) is 4.90 Å². The standard InChI is InChI=1S/C11H20N2O2/c1-8(2)9(6-12)10(14)13(5)7-11(3,4)15/h8-9,15H,7H2,1-5H3. The molecule has 0 heterocycles. The Balaban J connectivity index is 4.51. The van der Waals surface area contributed by atoms with Gasteiger partial charge in [-0.25, -0.2) is 0 Å². The van der Waals surface area contributed by atoms with Crippen LogP contribution in [0.5, 0.6) is 0 Å². The van der Waals surface area contributed by atoms with E-state index in [1.807, 2.05) is 19.9 Å². The van der Waals surface area contributed by atoms with Gasteiger partial charge in [-0.05, 0) is 19.8 Å². The summed E-state index contributed by atoms with van der Waals surface area (Å²) in [7, 11) is 1.60. The molecule has 1 atom stereocenters. The number of likely N-dealkylation sites (N-methyl/N-ethyl adjacent to an activating group) is 1. The molecule has 0 aromatic carbocycles. The number of aliphatic hydroxyl groups is 1. The lowest BCUT2D eigenvalue weighted by Gasteiger charge is -2.27. The fourth-order valence-electron chi connectivity index (χ4n) is 1.39. The van der Waals surface area contributed by atoms with Crippen LogP contribution >= 0.6 is 0 Å². The normalized spacial score (nSPS) is 13.5. The van der Waals surface area contributed by atoms with Crippen LogP contribution in [0.1, 0.15) is 27.7 Å². The average Bonchev–Trinajstić information content (AvgIpc) is 2.01. The molecule has 0 spiro atoms. The van der Waals surface area contributed by atoms with Gasteiger partial charge in [-0.3, -0.25) is 4.79 Å². The van der Waals surface area contributed by atoms with Gasteiger partial charge in [0.25, 0.3) is 0 Å². The molecule has 0 saturated carbocycles. The van der Waals surface area contributed by atoms with Crippen LogP contribution < -0.4 is 0 Å². The Hall–Kier alpha value is -1.08. The zero-order valence-electron chi connectivity index (χ0n) is 10.1. The maximum atomic E-state index is 11.8. The van der Waals surface area contributed by atoms with Crippen LogP contribution in [0.3, 0.4) is 0 Å². The SMILES string of the molecule is CC(C)C(C#N)C(=O)N(C)CC(C)(C)O. The minimum atomic E-state index is -0.929. The number of amides is 1. The van der Waals surface area contributed by atoms with Crippen LogP contribution in [0.15, 0.2) is 0 Å². The molecule has 0 aliphatic heterocycles. The molecule has 0 bridgehead atoms. The van der Waals surface area contributed by atoms with Crippen LogP contribution in [0, 0.1) is 23.2 Å². The minimum absolute atomic E-state index is 0.00763. The van der Waals surface area contributed by atoms with E-state index < -0.39 is 11.5 Å². The van der Waals surface area contributed by atoms with Crippen molar-refractivity contribution in [2.24, 2.45) is 11.8 Å². The molecule has 0 aromatic rings. The Morgan fingerprint density at radius 2 is 2.00 bits per heavy atom. The maximum Gasteiger partial charge on any atom is 0.240 e. The first-order valence-electron chi connectivity index (χ1n) is 5.06. The number of rotatable bonds is 4. The van der Waals surface area contributed by atoms with Gasteiger partial charge in [0.05, 0.1) is 11.7 Å². The van der Waals surface area contributed by atoms with Crippen LogP contribution in [-0.4, -0.2) is 35.1 Å². The van der Waals surface area contributed by atoms with E-state index in [1.54, 1.807) is 20.9 Å². The zero-order chi connectivity index (χ0) is 12.2. The van der Waals surface area contributed by atoms with Gasteiger partial charge >= 0.3 is 0 Å². The average molecular weight is 212 g/mol. The highest BCUT2D eigenvalue weighted by Gasteiger charge is 2.27. The Labute approximate surface area is 91.5 Å². The summed E-state index contributed by atoms with van der Waals surface area (Å²) >= 11 is 0. The quantitative estimate of drug-likeness (QED) is 0.756. The third-order valence-electron chi connectivity index (χ3n) is 2.07. The van der Waals surface area contributed by atoms with E-state index in [4.69, 9.17) is 5.26 Å². The molecule has 0 radical (unpaired) electrons. The van der Waals surface area contributed by atoms with Crippen LogP contribution in [0.4, 0.5) is 0 Å². The first-order chi connectivity index (χ1) is 6.69. The van der Waals surface area contributed by atoms with Crippen molar-refractivity contribution >= 4 is 5.91 Å². The topological polar surface area (TPSA) is 64.3 Å². The smallest absolute Gasteiger partial charge is 0.240 e. The summed E-state index contributed by atoms with van der Waals surface area (Å²) < 4.78 is 0. The van der Waals surface area contributed by atoms with Crippen LogP contribution in [0.2, 0.25) is 0 Å². The van der Waals surface area contributed by atoms with Gasteiger partial charge in [0.2, 0.25) is 5.91 Å².